The van der Waals surface area contributed by atoms with Crippen LogP contribution < -0.4 is 18.9 Å². The van der Waals surface area contributed by atoms with Gasteiger partial charge in [-0.25, -0.2) is 4.98 Å². The largest absolute Gasteiger partial charge is 0.618 e. The van der Waals surface area contributed by atoms with Crippen molar-refractivity contribution in [2.45, 2.75) is 38.6 Å². The van der Waals surface area contributed by atoms with Gasteiger partial charge in [-0.1, -0.05) is 12.1 Å². The molecule has 0 radical (unpaired) electrons. The maximum absolute atomic E-state index is 12.8. The predicted octanol–water partition coefficient (Wildman–Crippen LogP) is 6.65. The Bertz CT molecular complexity index is 1540. The quantitative estimate of drug-likeness (QED) is 0.123. The highest BCUT2D eigenvalue weighted by Crippen LogP contribution is 2.38. The molecule has 2 aromatic heterocycles. The number of aromatic nitrogens is 2. The maximum atomic E-state index is 12.8. The van der Waals surface area contributed by atoms with Crippen LogP contribution in [-0.4, -0.2) is 47.9 Å². The lowest BCUT2D eigenvalue weighted by Crippen LogP contribution is -2.18. The molecule has 208 valence electrons. The van der Waals surface area contributed by atoms with Gasteiger partial charge in [0.1, 0.15) is 5.01 Å². The first-order valence-corrected chi connectivity index (χ1v) is 14.5. The molecule has 3 heterocycles. The number of fused-ring (bicyclic) bond motifs is 3. The van der Waals surface area contributed by atoms with Gasteiger partial charge in [-0.3, -0.25) is 0 Å². The molecule has 0 amide bonds. The second kappa shape index (κ2) is 11.6. The van der Waals surface area contributed by atoms with Gasteiger partial charge in [-0.05, 0) is 68.5 Å². The van der Waals surface area contributed by atoms with E-state index >= 15 is 0 Å². The molecule has 0 saturated carbocycles. The maximum Gasteiger partial charge on any atom is 0.208 e. The zero-order chi connectivity index (χ0) is 27.5. The monoisotopic (exact) mass is 559 g/mol. The SMILES string of the molecule is COc1cc(-c2nc3ccccc3s2)ccc1OCCCCOc1cn2c(c1OC)C=[N+]([O-])C1=CCCC[C@H]1C2. The van der Waals surface area contributed by atoms with Gasteiger partial charge in [0.25, 0.3) is 0 Å². The Balaban J connectivity index is 1.04. The highest BCUT2D eigenvalue weighted by atomic mass is 32.1. The number of allylic oxidation sites excluding steroid dienone is 2. The molecule has 2 aromatic carbocycles. The molecule has 1 aliphatic carbocycles. The number of hydroxylamine groups is 1. The third-order valence-corrected chi connectivity index (χ3v) is 8.53. The van der Waals surface area contributed by atoms with Gasteiger partial charge in [-0.2, -0.15) is 4.74 Å². The number of methoxy groups -OCH3 is 2. The lowest BCUT2D eigenvalue weighted by molar-refractivity contribution is -0.406. The Morgan fingerprint density at radius 2 is 1.85 bits per heavy atom. The van der Waals surface area contributed by atoms with Gasteiger partial charge in [0, 0.05) is 12.1 Å². The molecule has 8 nitrogen and oxygen atoms in total. The zero-order valence-corrected chi connectivity index (χ0v) is 23.6. The van der Waals surface area contributed by atoms with Crippen molar-refractivity contribution in [3.05, 3.63) is 71.3 Å². The Kier molecular flexibility index (Phi) is 7.64. The molecular formula is C31H33N3O5S. The van der Waals surface area contributed by atoms with Crippen LogP contribution in [0.5, 0.6) is 23.0 Å². The van der Waals surface area contributed by atoms with Gasteiger partial charge in [0.2, 0.25) is 6.21 Å². The number of nitrogens with zero attached hydrogens (tertiary/aromatic N) is 3. The number of hydrogen-bond acceptors (Lipinski definition) is 7. The van der Waals surface area contributed by atoms with Gasteiger partial charge >= 0.3 is 0 Å². The smallest absolute Gasteiger partial charge is 0.208 e. The van der Waals surface area contributed by atoms with E-state index in [-0.39, 0.29) is 5.92 Å². The van der Waals surface area contributed by atoms with Gasteiger partial charge < -0.3 is 28.7 Å². The minimum Gasteiger partial charge on any atom is -0.618 e. The van der Waals surface area contributed by atoms with Crippen molar-refractivity contribution in [3.8, 4) is 33.6 Å². The van der Waals surface area contributed by atoms with Crippen LogP contribution in [0.25, 0.3) is 20.8 Å². The number of hydrogen-bond donors (Lipinski definition) is 0. The van der Waals surface area contributed by atoms with Crippen LogP contribution in [0.15, 0.2) is 60.4 Å². The second-order valence-electron chi connectivity index (χ2n) is 10.0. The summed E-state index contributed by atoms with van der Waals surface area (Å²) in [7, 11) is 3.27. The summed E-state index contributed by atoms with van der Waals surface area (Å²) in [5.74, 6) is 2.89. The van der Waals surface area contributed by atoms with Crippen LogP contribution in [0.1, 0.15) is 37.8 Å². The molecular weight excluding hydrogens is 526 g/mol. The number of rotatable bonds is 10. The molecule has 6 rings (SSSR count). The first-order chi connectivity index (χ1) is 19.6. The third-order valence-electron chi connectivity index (χ3n) is 7.44. The molecule has 0 fully saturated rings. The summed E-state index contributed by atoms with van der Waals surface area (Å²) in [6.07, 6.45) is 10.4. The van der Waals surface area contributed by atoms with Crippen LogP contribution >= 0.6 is 11.3 Å². The van der Waals surface area contributed by atoms with Crippen LogP contribution in [0.3, 0.4) is 0 Å². The molecule has 1 atom stereocenters. The number of thiazole rings is 1. The molecule has 0 unspecified atom stereocenters. The molecule has 40 heavy (non-hydrogen) atoms. The topological polar surface area (TPSA) is 80.8 Å². The second-order valence-corrected chi connectivity index (χ2v) is 11.1. The summed E-state index contributed by atoms with van der Waals surface area (Å²) in [6.45, 7) is 1.81. The Labute approximate surface area is 237 Å². The summed E-state index contributed by atoms with van der Waals surface area (Å²) in [6, 6.07) is 14.1. The van der Waals surface area contributed by atoms with E-state index in [2.05, 4.69) is 16.7 Å². The molecule has 2 aliphatic rings. The molecule has 0 N–H and O–H groups in total. The first-order valence-electron chi connectivity index (χ1n) is 13.7. The van der Waals surface area contributed by atoms with Crippen molar-refractivity contribution < 1.29 is 23.7 Å². The molecule has 0 bridgehead atoms. The minimum absolute atomic E-state index is 0.220. The van der Waals surface area contributed by atoms with Crippen molar-refractivity contribution in [1.29, 1.82) is 0 Å². The first kappa shape index (κ1) is 26.3. The number of ether oxygens (including phenoxy) is 4. The third kappa shape index (κ3) is 5.25. The summed E-state index contributed by atoms with van der Waals surface area (Å²) in [4.78, 5) is 4.74. The number of para-hydroxylation sites is 1. The fourth-order valence-electron chi connectivity index (χ4n) is 5.41. The molecule has 0 saturated heterocycles. The standard InChI is InChI=1S/C31H33N3O5S/c1-36-27-17-21(31-32-23-10-4-6-12-29(23)40-31)13-14-26(27)38-15-7-8-16-39-28-20-33-18-22-9-3-5-11-24(22)34(35)19-25(33)30(28)37-2/h4,6,10-14,17,19-20,22H,3,5,7-9,15-16,18H2,1-2H3/t22-/m0/s1. The van der Waals surface area contributed by atoms with Crippen LogP contribution in [0, 0.1) is 11.1 Å². The molecule has 1 aliphatic heterocycles. The van der Waals surface area contributed by atoms with Crippen molar-refractivity contribution in [2.24, 2.45) is 5.92 Å². The average molecular weight is 560 g/mol. The fourth-order valence-corrected chi connectivity index (χ4v) is 6.37. The van der Waals surface area contributed by atoms with E-state index < -0.39 is 0 Å². The van der Waals surface area contributed by atoms with E-state index in [0.29, 0.717) is 36.2 Å². The Morgan fingerprint density at radius 1 is 1.02 bits per heavy atom. The zero-order valence-electron chi connectivity index (χ0n) is 22.8. The predicted molar refractivity (Wildman–Crippen MR) is 157 cm³/mol. The summed E-state index contributed by atoms with van der Waals surface area (Å²) < 4.78 is 27.7. The van der Waals surface area contributed by atoms with E-state index in [1.807, 2.05) is 42.6 Å². The highest BCUT2D eigenvalue weighted by Gasteiger charge is 2.31. The van der Waals surface area contributed by atoms with Gasteiger partial charge in [-0.15, -0.1) is 11.3 Å². The summed E-state index contributed by atoms with van der Waals surface area (Å²) >= 11 is 1.66. The number of benzene rings is 2. The van der Waals surface area contributed by atoms with Crippen molar-refractivity contribution in [3.63, 3.8) is 0 Å². The normalized spacial score (nSPS) is 16.4. The van der Waals surface area contributed by atoms with Crippen LogP contribution in [0.4, 0.5) is 0 Å². The van der Waals surface area contributed by atoms with E-state index in [4.69, 9.17) is 23.9 Å². The number of unbranched alkanes of at least 4 members (excludes halogenated alkanes) is 1. The summed E-state index contributed by atoms with van der Waals surface area (Å²) in [5.41, 5.74) is 3.63. The molecule has 4 aromatic rings. The van der Waals surface area contributed by atoms with Gasteiger partial charge in [0.15, 0.2) is 34.4 Å². The van der Waals surface area contributed by atoms with Crippen molar-refractivity contribution in [2.75, 3.05) is 27.4 Å². The molecule has 9 heteroatoms. The minimum atomic E-state index is 0.220. The Morgan fingerprint density at radius 3 is 2.65 bits per heavy atom. The van der Waals surface area contributed by atoms with Crippen LogP contribution in [-0.2, 0) is 6.54 Å². The van der Waals surface area contributed by atoms with Crippen molar-refractivity contribution >= 4 is 27.8 Å². The lowest BCUT2D eigenvalue weighted by atomic mass is 9.92. The highest BCUT2D eigenvalue weighted by molar-refractivity contribution is 7.21. The van der Waals surface area contributed by atoms with E-state index in [1.165, 1.54) is 0 Å². The van der Waals surface area contributed by atoms with E-state index in [1.54, 1.807) is 31.8 Å². The Hall–Kier alpha value is -3.98. The van der Waals surface area contributed by atoms with Crippen LogP contribution in [0.2, 0.25) is 0 Å². The van der Waals surface area contributed by atoms with E-state index in [0.717, 1.165) is 75.6 Å². The lowest BCUT2D eigenvalue weighted by Gasteiger charge is -2.20. The van der Waals surface area contributed by atoms with Crippen molar-refractivity contribution in [1.82, 2.24) is 9.55 Å². The average Bonchev–Trinajstić information content (AvgIpc) is 3.52. The summed E-state index contributed by atoms with van der Waals surface area (Å²) in [5, 5.41) is 13.7. The molecule has 0 spiro atoms. The van der Waals surface area contributed by atoms with Gasteiger partial charge in [0.05, 0.1) is 49.8 Å². The van der Waals surface area contributed by atoms with E-state index in [9.17, 15) is 5.21 Å². The fraction of sp³-hybridized carbons (Fsp3) is 0.355.